The minimum Gasteiger partial charge on any atom is -0.106 e. The van der Waals surface area contributed by atoms with Gasteiger partial charge in [-0.25, -0.2) is 0 Å². The molecule has 0 aromatic heterocycles. The van der Waals surface area contributed by atoms with Crippen LogP contribution in [0.25, 0.3) is 0 Å². The van der Waals surface area contributed by atoms with Crippen molar-refractivity contribution in [3.8, 4) is 0 Å². The molecule has 0 heteroatoms. The molecule has 0 aliphatic heterocycles. The third kappa shape index (κ3) is 92.8. The van der Waals surface area contributed by atoms with Crippen molar-refractivity contribution in [1.29, 1.82) is 0 Å². The molecule has 0 unspecified atom stereocenters. The molecule has 226 valence electrons. The largest absolute Gasteiger partial charge is 0.106 e. The summed E-state index contributed by atoms with van der Waals surface area (Å²) in [6.45, 7) is 27.9. The van der Waals surface area contributed by atoms with Gasteiger partial charge in [0.2, 0.25) is 0 Å². The molecule has 0 bridgehead atoms. The second kappa shape index (κ2) is 70.2. The normalized spacial score (nSPS) is 8.94. The Labute approximate surface area is 236 Å². The Morgan fingerprint density at radius 2 is 0.333 bits per heavy atom. The molecular formula is C36H82. The van der Waals surface area contributed by atoms with Crippen LogP contribution < -0.4 is 0 Å². The topological polar surface area (TPSA) is 0 Å². The molecule has 0 aromatic rings. The molecule has 0 fully saturated rings. The molecule has 0 radical (unpaired) electrons. The highest BCUT2D eigenvalue weighted by molar-refractivity contribution is 4.44. The van der Waals surface area contributed by atoms with Gasteiger partial charge in [0.1, 0.15) is 0 Å². The molecule has 36 heavy (non-hydrogen) atoms. The third-order valence-corrected chi connectivity index (χ3v) is 5.62. The van der Waals surface area contributed by atoms with Gasteiger partial charge in [0.25, 0.3) is 0 Å². The molecule has 0 aliphatic rings. The summed E-state index contributed by atoms with van der Waals surface area (Å²) in [5.74, 6) is 0. The van der Waals surface area contributed by atoms with Gasteiger partial charge in [-0.1, -0.05) is 223 Å². The smallest absolute Gasteiger partial charge is 0.0533 e. The van der Waals surface area contributed by atoms with Gasteiger partial charge in [0, 0.05) is 0 Å². The summed E-state index contributed by atoms with van der Waals surface area (Å²) in [7, 11) is 0. The Morgan fingerprint density at radius 1 is 0.250 bits per heavy atom. The lowest BCUT2D eigenvalue weighted by Crippen LogP contribution is -1.77. The first-order valence-corrected chi connectivity index (χ1v) is 17.2. The van der Waals surface area contributed by atoms with Gasteiger partial charge >= 0.3 is 0 Å². The highest BCUT2D eigenvalue weighted by Gasteiger charge is 1.88. The molecule has 0 nitrogen and oxygen atoms in total. The van der Waals surface area contributed by atoms with E-state index in [1.54, 1.807) is 0 Å². The Hall–Kier alpha value is -0.260. The van der Waals surface area contributed by atoms with Crippen LogP contribution in [0, 0.1) is 0 Å². The van der Waals surface area contributed by atoms with Gasteiger partial charge < -0.3 is 0 Å². The van der Waals surface area contributed by atoms with E-state index in [9.17, 15) is 0 Å². The number of hydrogen-bond donors (Lipinski definition) is 0. The van der Waals surface area contributed by atoms with Crippen LogP contribution in [-0.4, -0.2) is 0 Å². The molecular weight excluding hydrogens is 432 g/mol. The average Bonchev–Trinajstić information content (AvgIpc) is 2.92. The number of hydrogen-bond acceptors (Lipinski definition) is 0. The Bertz CT molecular complexity index is 194. The van der Waals surface area contributed by atoms with Crippen LogP contribution in [0.15, 0.2) is 13.2 Å². The van der Waals surface area contributed by atoms with E-state index in [1.165, 1.54) is 154 Å². The molecule has 0 N–H and O–H groups in total. The van der Waals surface area contributed by atoms with Crippen molar-refractivity contribution in [2.45, 2.75) is 223 Å². The first-order chi connectivity index (χ1) is 17.7. The van der Waals surface area contributed by atoms with Crippen LogP contribution >= 0.6 is 0 Å². The monoisotopic (exact) mass is 515 g/mol. The van der Waals surface area contributed by atoms with Crippen LogP contribution in [0.2, 0.25) is 0 Å². The zero-order chi connectivity index (χ0) is 29.0. The lowest BCUT2D eigenvalue weighted by atomic mass is 10.1. The maximum absolute atomic E-state index is 3.00. The van der Waals surface area contributed by atoms with Crippen LogP contribution in [0.4, 0.5) is 0 Å². The summed E-state index contributed by atoms with van der Waals surface area (Å²) in [6, 6.07) is 0. The molecule has 0 rings (SSSR count). The van der Waals surface area contributed by atoms with Crippen LogP contribution in [-0.2, 0) is 0 Å². The van der Waals surface area contributed by atoms with Crippen LogP contribution in [0.5, 0.6) is 0 Å². The SMILES string of the molecule is C=C.CC.CCC.CCCCCCCCC.CCCCCCCCCC.CCCCCCCCCC. The second-order valence-corrected chi connectivity index (χ2v) is 9.72. The van der Waals surface area contributed by atoms with Crippen molar-refractivity contribution < 1.29 is 0 Å². The first-order valence-electron chi connectivity index (χ1n) is 17.2. The zero-order valence-corrected chi connectivity index (χ0v) is 28.4. The fourth-order valence-corrected chi connectivity index (χ4v) is 3.44. The Balaban J connectivity index is -0.0000000831. The van der Waals surface area contributed by atoms with E-state index in [4.69, 9.17) is 0 Å². The second-order valence-electron chi connectivity index (χ2n) is 9.72. The zero-order valence-electron chi connectivity index (χ0n) is 28.4. The molecule has 0 saturated heterocycles. The van der Waals surface area contributed by atoms with E-state index in [-0.39, 0.29) is 0 Å². The van der Waals surface area contributed by atoms with Crippen molar-refractivity contribution in [3.05, 3.63) is 13.2 Å². The van der Waals surface area contributed by atoms with Crippen LogP contribution in [0.1, 0.15) is 223 Å². The van der Waals surface area contributed by atoms with Crippen molar-refractivity contribution >= 4 is 0 Å². The summed E-state index contributed by atoms with van der Waals surface area (Å²) in [6.07, 6.45) is 34.1. The predicted octanol–water partition coefficient (Wildman–Crippen LogP) is 15.3. The van der Waals surface area contributed by atoms with Gasteiger partial charge in [-0.05, 0) is 0 Å². The van der Waals surface area contributed by atoms with E-state index in [2.05, 4.69) is 68.5 Å². The van der Waals surface area contributed by atoms with Crippen molar-refractivity contribution in [3.63, 3.8) is 0 Å². The lowest BCUT2D eigenvalue weighted by molar-refractivity contribution is 0.585. The van der Waals surface area contributed by atoms with E-state index in [1.807, 2.05) is 13.8 Å². The standard InChI is InChI=1S/2C10H22.C9H20.C3H8.C2H6.C2H4/c2*1-3-5-7-9-10-8-6-4-2;1-3-5-7-9-8-6-4-2;1-3-2;2*1-2/h2*3-10H2,1-2H3;3-9H2,1-2H3;3H2,1-2H3;1-2H3;1-2H2. The van der Waals surface area contributed by atoms with E-state index >= 15 is 0 Å². The molecule has 0 amide bonds. The number of rotatable bonds is 20. The summed E-state index contributed by atoms with van der Waals surface area (Å²) in [5, 5.41) is 0. The highest BCUT2D eigenvalue weighted by atomic mass is 13.9. The maximum atomic E-state index is 3.00. The fourth-order valence-electron chi connectivity index (χ4n) is 3.44. The van der Waals surface area contributed by atoms with Gasteiger partial charge in [-0.15, -0.1) is 13.2 Å². The predicted molar refractivity (Wildman–Crippen MR) is 179 cm³/mol. The van der Waals surface area contributed by atoms with E-state index in [0.717, 1.165) is 0 Å². The average molecular weight is 515 g/mol. The summed E-state index contributed by atoms with van der Waals surface area (Å²) in [4.78, 5) is 0. The van der Waals surface area contributed by atoms with Gasteiger partial charge in [-0.2, -0.15) is 0 Å². The quantitative estimate of drug-likeness (QED) is 0.112. The van der Waals surface area contributed by atoms with Crippen molar-refractivity contribution in [2.75, 3.05) is 0 Å². The summed E-state index contributed by atoms with van der Waals surface area (Å²) in [5.41, 5.74) is 0. The highest BCUT2D eigenvalue weighted by Crippen LogP contribution is 2.08. The molecule has 0 spiro atoms. The van der Waals surface area contributed by atoms with Gasteiger partial charge in [0.05, 0.1) is 0 Å². The minimum absolute atomic E-state index is 1.25. The first kappa shape index (κ1) is 48.8. The molecule has 0 aromatic carbocycles. The third-order valence-electron chi connectivity index (χ3n) is 5.62. The number of unbranched alkanes of at least 4 members (excludes halogenated alkanes) is 20. The van der Waals surface area contributed by atoms with Crippen LogP contribution in [0.3, 0.4) is 0 Å². The Morgan fingerprint density at radius 3 is 0.417 bits per heavy atom. The fraction of sp³-hybridized carbons (Fsp3) is 0.944. The molecule has 0 aliphatic carbocycles. The molecule has 0 atom stereocenters. The minimum atomic E-state index is 1.25. The summed E-state index contributed by atoms with van der Waals surface area (Å²) >= 11 is 0. The Kier molecular flexibility index (Phi) is 95.1. The lowest BCUT2D eigenvalue weighted by Gasteiger charge is -1.97. The van der Waals surface area contributed by atoms with E-state index in [0.29, 0.717) is 0 Å². The molecule has 0 saturated carbocycles. The summed E-state index contributed by atoms with van der Waals surface area (Å²) < 4.78 is 0. The van der Waals surface area contributed by atoms with Crippen molar-refractivity contribution in [1.82, 2.24) is 0 Å². The van der Waals surface area contributed by atoms with Crippen molar-refractivity contribution in [2.24, 2.45) is 0 Å². The van der Waals surface area contributed by atoms with Gasteiger partial charge in [-0.3, -0.25) is 0 Å². The van der Waals surface area contributed by atoms with Gasteiger partial charge in [0.15, 0.2) is 0 Å². The maximum Gasteiger partial charge on any atom is -0.0533 e. The van der Waals surface area contributed by atoms with E-state index < -0.39 is 0 Å². The molecule has 0 heterocycles.